The van der Waals surface area contributed by atoms with Gasteiger partial charge in [-0.3, -0.25) is 38.6 Å². The third-order valence-corrected chi connectivity index (χ3v) is 38.5. The maximum absolute atomic E-state index is 13.3. The third kappa shape index (κ3) is 18.5. The first-order valence-corrected chi connectivity index (χ1v) is 42.7. The highest BCUT2D eigenvalue weighted by molar-refractivity contribution is 6.79. The van der Waals surface area contributed by atoms with Gasteiger partial charge in [0.05, 0.1) is 14.2 Å². The van der Waals surface area contributed by atoms with E-state index in [1.807, 2.05) is 24.3 Å². The van der Waals surface area contributed by atoms with Crippen molar-refractivity contribution >= 4 is 78.3 Å². The van der Waals surface area contributed by atoms with E-state index in [-0.39, 0.29) is 35.7 Å². The second-order valence-electron chi connectivity index (χ2n) is 30.6. The molecule has 31 heteroatoms. The molecule has 4 aliphatic rings. The molecule has 4 saturated heterocycles. The number of aromatic nitrogens is 5. The number of anilines is 2. The van der Waals surface area contributed by atoms with E-state index in [1.165, 1.54) is 62.6 Å². The van der Waals surface area contributed by atoms with Crippen molar-refractivity contribution < 1.29 is 87.9 Å². The van der Waals surface area contributed by atoms with E-state index in [1.54, 1.807) is 76.7 Å². The summed E-state index contributed by atoms with van der Waals surface area (Å²) in [6.45, 7) is 46.2. The van der Waals surface area contributed by atoms with E-state index in [0.717, 1.165) is 22.0 Å². The predicted octanol–water partition coefficient (Wildman–Crippen LogP) is 16.0. The van der Waals surface area contributed by atoms with Crippen LogP contribution in [0.1, 0.15) is 210 Å². The summed E-state index contributed by atoms with van der Waals surface area (Å²) in [5.74, 6) is 0.184. The lowest BCUT2D eigenvalue weighted by molar-refractivity contribution is -0.163. The predicted molar refractivity (Wildman–Crippen MR) is 404 cm³/mol. The molecule has 8 atom stereocenters. The molecular weight excluding hydrogens is 1430 g/mol. The molecule has 5 aromatic heterocycles. The minimum Gasteiger partial charge on any atom is -0.497 e. The highest BCUT2D eigenvalue weighted by Gasteiger charge is 2.61. The minimum atomic E-state index is -2.33. The summed E-state index contributed by atoms with van der Waals surface area (Å²) in [6, 6.07) is 12.9. The molecule has 584 valence electrons. The Balaban J connectivity index is 0.000000194. The molecule has 107 heavy (non-hydrogen) atoms. The number of hydrogen-bond acceptors (Lipinski definition) is 24. The second kappa shape index (κ2) is 36.3. The lowest BCUT2D eigenvalue weighted by atomic mass is 9.94. The molecule has 0 aliphatic carbocycles. The van der Waals surface area contributed by atoms with Crippen LogP contribution in [-0.2, 0) is 46.7 Å². The van der Waals surface area contributed by atoms with Crippen LogP contribution in [0.25, 0.3) is 0 Å². The molecule has 0 unspecified atom stereocenters. The lowest BCUT2D eigenvalue weighted by Crippen LogP contribution is -2.66. The van der Waals surface area contributed by atoms with E-state index in [2.05, 4.69) is 159 Å². The van der Waals surface area contributed by atoms with E-state index < -0.39 is 79.1 Å². The van der Waals surface area contributed by atoms with Crippen LogP contribution in [0.2, 0.25) is 49.9 Å². The maximum atomic E-state index is 13.3. The number of aldehydes is 1. The maximum Gasteiger partial charge on any atom is 0.417 e. The van der Waals surface area contributed by atoms with Crippen molar-refractivity contribution in [3.05, 3.63) is 140 Å². The Morgan fingerprint density at radius 1 is 0.458 bits per heavy atom. The first kappa shape index (κ1) is 85.4. The topological polar surface area (TPSA) is 336 Å². The number of imide groups is 1. The summed E-state index contributed by atoms with van der Waals surface area (Å²) < 4.78 is 65.7. The number of rotatable bonds is 25. The number of oxazole rings is 5. The van der Waals surface area contributed by atoms with E-state index in [9.17, 15) is 33.6 Å². The molecule has 0 radical (unpaired) electrons. The summed E-state index contributed by atoms with van der Waals surface area (Å²) >= 11 is 0. The van der Waals surface area contributed by atoms with Gasteiger partial charge in [-0.1, -0.05) is 125 Å². The highest BCUT2D eigenvalue weighted by atomic mass is 28.4. The molecule has 1 N–H and O–H groups in total. The van der Waals surface area contributed by atoms with Gasteiger partial charge < -0.3 is 59.6 Å². The largest absolute Gasteiger partial charge is 0.497 e. The summed E-state index contributed by atoms with van der Waals surface area (Å²) in [4.78, 5) is 109. The number of nitrogens with zero attached hydrogens (tertiary/aromatic N) is 8. The van der Waals surface area contributed by atoms with Gasteiger partial charge >= 0.3 is 12.1 Å². The second-order valence-corrected chi connectivity index (χ2v) is 46.8. The Hall–Kier alpha value is -8.89. The van der Waals surface area contributed by atoms with Gasteiger partial charge in [0.15, 0.2) is 56.6 Å². The number of carbonyl (C=O) groups excluding carboxylic acids is 7. The standard InChI is InChI=1S/C22H32N2O4Si.C20H34N2O5Si.C15H14N2O5.C15H26N2O3Si.C4H3NO2/c1-14(2)29(15(3)4,16(5)6)28-21-20(19-12-27-13-23-19)24(22(21)25)17-8-10-18(26-7)11-9-17;1-12(2)28(13(3)4,14(5)6)27-17-16(15-10-25-11-21-15)22(18(17)23)19(24)26-20(7,8)9;1-9(18)22-14-13(12-7-21-8-16-12)17(15(14)19)10-3-5-11(20-2)6-4-10;1-9(2)21(10(3)4,11(5)6)20-14-13(17-15(14)18)12-7-19-8-16-12;6-1-4-2-7-3-5-4/h8-16,20-21H,1-7H3;10-14,16-17H,1-9H3;3-8,13-14H,1-2H3;7-11,13-14H,1-6H3,(H,17,18);1-3H/t20-,21+;16-,17+;2*13-,14+;/m0000./s1. The Morgan fingerprint density at radius 2 is 0.785 bits per heavy atom. The fraction of sp³-hybridized carbons (Fsp3) is 0.553. The molecule has 0 saturated carbocycles. The number of nitrogens with one attached hydrogen (secondary N) is 1. The van der Waals surface area contributed by atoms with Gasteiger partial charge in [-0.15, -0.1) is 0 Å². The van der Waals surface area contributed by atoms with E-state index in [0.29, 0.717) is 90.4 Å². The molecular formula is C76H109N9O19Si3. The molecule has 9 heterocycles. The van der Waals surface area contributed by atoms with Gasteiger partial charge in [-0.2, -0.15) is 0 Å². The first-order chi connectivity index (χ1) is 50.4. The summed E-state index contributed by atoms with van der Waals surface area (Å²) in [7, 11) is -3.44. The van der Waals surface area contributed by atoms with Crippen LogP contribution in [-0.4, -0.2) is 141 Å². The van der Waals surface area contributed by atoms with Crippen molar-refractivity contribution in [3.8, 4) is 11.5 Å². The Morgan fingerprint density at radius 3 is 1.08 bits per heavy atom. The van der Waals surface area contributed by atoms with Gasteiger partial charge in [0.25, 0.3) is 23.6 Å². The van der Waals surface area contributed by atoms with Crippen LogP contribution in [0, 0.1) is 0 Å². The molecule has 0 spiro atoms. The van der Waals surface area contributed by atoms with Crippen LogP contribution in [0.4, 0.5) is 16.2 Å². The van der Waals surface area contributed by atoms with Crippen molar-refractivity contribution in [1.29, 1.82) is 0 Å². The van der Waals surface area contributed by atoms with Crippen molar-refractivity contribution in [2.75, 3.05) is 24.0 Å². The van der Waals surface area contributed by atoms with Crippen LogP contribution in [0.15, 0.2) is 134 Å². The number of ether oxygens (including phenoxy) is 4. The quantitative estimate of drug-likeness (QED) is 0.0240. The number of methoxy groups -OCH3 is 2. The SMILES string of the molecule is CC(C)[Si](O[C@H]1C(=O)N(C(=O)OC(C)(C)C)[C@H]1c1cocn1)(C(C)C)C(C)C.CC(C)[Si](O[C@H]1C(=O)N[C@H]1c1cocn1)(C(C)C)C(C)C.COc1ccc(N2C(=O)[C@H](OC(C)=O)[C@@H]2c2cocn2)cc1.COc1ccc(N2C(=O)[C@H](O[Si](C(C)C)(C(C)C)C(C)C)[C@@H]2c2cocn2)cc1.O=Cc1cocn1. The number of likely N-dealkylation sites (tertiary alicyclic amines) is 1. The smallest absolute Gasteiger partial charge is 0.417 e. The molecule has 11 rings (SSSR count). The number of esters is 1. The fourth-order valence-corrected chi connectivity index (χ4v) is 32.2. The highest BCUT2D eigenvalue weighted by Crippen LogP contribution is 2.52. The van der Waals surface area contributed by atoms with Gasteiger partial charge in [0, 0.05) is 18.3 Å². The number of β-lactam (4-membered cyclic amide) rings is 4. The Bertz CT molecular complexity index is 3890. The average Bonchev–Trinajstić information content (AvgIpc) is 1.64. The monoisotopic (exact) mass is 1540 g/mol. The summed E-state index contributed by atoms with van der Waals surface area (Å²) in [6.07, 6.45) is 11.2. The van der Waals surface area contributed by atoms with Crippen molar-refractivity contribution in [1.82, 2.24) is 35.1 Å². The molecule has 0 bridgehead atoms. The first-order valence-electron chi connectivity index (χ1n) is 36.3. The number of hydrogen-bond donors (Lipinski definition) is 1. The van der Waals surface area contributed by atoms with Crippen molar-refractivity contribution in [2.45, 2.75) is 256 Å². The molecule has 5 amide bonds. The van der Waals surface area contributed by atoms with Gasteiger partial charge in [-0.25, -0.2) is 34.6 Å². The van der Waals surface area contributed by atoms with Crippen LogP contribution >= 0.6 is 0 Å². The van der Waals surface area contributed by atoms with Crippen LogP contribution < -0.4 is 24.6 Å². The van der Waals surface area contributed by atoms with Gasteiger partial charge in [0.1, 0.15) is 101 Å². The minimum absolute atomic E-state index is 0.0259. The average molecular weight is 1540 g/mol. The zero-order valence-corrected chi connectivity index (χ0v) is 69.1. The molecule has 4 aliphatic heterocycles. The van der Waals surface area contributed by atoms with Crippen molar-refractivity contribution in [3.63, 3.8) is 0 Å². The fourth-order valence-electron chi connectivity index (χ4n) is 15.7. The van der Waals surface area contributed by atoms with Crippen LogP contribution in [0.5, 0.6) is 11.5 Å². The van der Waals surface area contributed by atoms with Gasteiger partial charge in [-0.05, 0) is 119 Å². The molecule has 2 aromatic carbocycles. The van der Waals surface area contributed by atoms with E-state index >= 15 is 0 Å². The Labute approximate surface area is 630 Å². The number of benzene rings is 2. The normalized spacial score (nSPS) is 20.1. The zero-order chi connectivity index (χ0) is 79.4. The Kier molecular flexibility index (Phi) is 29.0. The number of carbonyl (C=O) groups is 7. The zero-order valence-electron chi connectivity index (χ0n) is 66.1. The summed E-state index contributed by atoms with van der Waals surface area (Å²) in [5.41, 5.74) is 7.03. The lowest BCUT2D eigenvalue weighted by Gasteiger charge is -2.52. The summed E-state index contributed by atoms with van der Waals surface area (Å²) in [5, 5.41) is 2.87. The van der Waals surface area contributed by atoms with Crippen molar-refractivity contribution in [2.24, 2.45) is 0 Å². The molecule has 7 aromatic rings. The van der Waals surface area contributed by atoms with Gasteiger partial charge in [0.2, 0.25) is 31.1 Å². The number of amides is 5. The van der Waals surface area contributed by atoms with Crippen LogP contribution in [0.3, 0.4) is 0 Å². The molecule has 4 fully saturated rings. The molecule has 28 nitrogen and oxygen atoms in total. The third-order valence-electron chi connectivity index (χ3n) is 20.3. The van der Waals surface area contributed by atoms with E-state index in [4.69, 9.17) is 49.9 Å².